The largest absolute Gasteiger partial charge is 0.481 e. The highest BCUT2D eigenvalue weighted by molar-refractivity contribution is 5.89. The Balaban J connectivity index is 1.41. The molecule has 0 bridgehead atoms. The highest BCUT2D eigenvalue weighted by atomic mass is 16.5. The maximum atomic E-state index is 12.4. The van der Waals surface area contributed by atoms with E-state index in [-0.39, 0.29) is 18.1 Å². The highest BCUT2D eigenvalue weighted by Gasteiger charge is 2.30. The molecular weight excluding hydrogens is 368 g/mol. The van der Waals surface area contributed by atoms with Gasteiger partial charge in [0.2, 0.25) is 5.88 Å². The number of amides is 2. The van der Waals surface area contributed by atoms with Gasteiger partial charge in [-0.2, -0.15) is 0 Å². The number of rotatable bonds is 4. The zero-order valence-corrected chi connectivity index (χ0v) is 16.9. The van der Waals surface area contributed by atoms with Crippen LogP contribution in [0, 0.1) is 6.92 Å². The van der Waals surface area contributed by atoms with Gasteiger partial charge in [-0.15, -0.1) is 0 Å². The summed E-state index contributed by atoms with van der Waals surface area (Å²) in [6, 6.07) is 9.66. The zero-order chi connectivity index (χ0) is 20.4. The van der Waals surface area contributed by atoms with Crippen molar-refractivity contribution in [1.82, 2.24) is 25.2 Å². The normalized spacial score (nSPS) is 19.8. The number of pyridine rings is 1. The molecule has 3 heterocycles. The van der Waals surface area contributed by atoms with E-state index in [1.54, 1.807) is 25.4 Å². The number of anilines is 1. The van der Waals surface area contributed by atoms with E-state index < -0.39 is 0 Å². The topological polar surface area (TPSA) is 95.2 Å². The van der Waals surface area contributed by atoms with Crippen LogP contribution in [-0.4, -0.2) is 52.6 Å². The predicted molar refractivity (Wildman–Crippen MR) is 112 cm³/mol. The van der Waals surface area contributed by atoms with Crippen molar-refractivity contribution in [3.8, 4) is 5.88 Å². The van der Waals surface area contributed by atoms with Crippen molar-refractivity contribution in [1.29, 1.82) is 0 Å². The maximum absolute atomic E-state index is 12.4. The maximum Gasteiger partial charge on any atom is 0.319 e. The molecule has 2 unspecified atom stereocenters. The summed E-state index contributed by atoms with van der Waals surface area (Å²) in [7, 11) is 3.66. The van der Waals surface area contributed by atoms with Crippen molar-refractivity contribution in [2.75, 3.05) is 26.0 Å². The second-order valence-electron chi connectivity index (χ2n) is 7.55. The minimum atomic E-state index is -0.231. The molecule has 0 spiro atoms. The van der Waals surface area contributed by atoms with Crippen LogP contribution in [-0.2, 0) is 0 Å². The average molecular weight is 394 g/mol. The lowest BCUT2D eigenvalue weighted by atomic mass is 9.97. The van der Waals surface area contributed by atoms with E-state index in [0.29, 0.717) is 11.6 Å². The van der Waals surface area contributed by atoms with Crippen LogP contribution in [0.1, 0.15) is 30.3 Å². The summed E-state index contributed by atoms with van der Waals surface area (Å²) in [4.78, 5) is 27.0. The van der Waals surface area contributed by atoms with Gasteiger partial charge in [-0.05, 0) is 50.6 Å². The minimum Gasteiger partial charge on any atom is -0.481 e. The number of benzene rings is 1. The predicted octanol–water partition coefficient (Wildman–Crippen LogP) is 3.23. The van der Waals surface area contributed by atoms with Gasteiger partial charge in [-0.25, -0.2) is 14.8 Å². The number of methoxy groups -OCH3 is 1. The molecule has 0 saturated carbocycles. The Bertz CT molecular complexity index is 1000. The van der Waals surface area contributed by atoms with Crippen molar-refractivity contribution in [2.24, 2.45) is 0 Å². The number of nitrogens with one attached hydrogen (secondary N) is 3. The molecule has 2 aromatic heterocycles. The lowest BCUT2D eigenvalue weighted by Gasteiger charge is -2.36. The second kappa shape index (κ2) is 8.08. The third-order valence-corrected chi connectivity index (χ3v) is 5.38. The molecule has 152 valence electrons. The Labute approximate surface area is 169 Å². The SMILES string of the molecule is COc1ccc(NC(=O)NC2CCN(C)C(c3nc4ccc(C)cc4[nH]3)C2)cn1. The standard InChI is InChI=1S/C21H26N6O2/c1-13-4-6-16-17(10-13)26-20(25-16)18-11-14(8-9-27(18)2)23-21(28)24-15-5-7-19(29-3)22-12-15/h4-7,10,12,14,18H,8-9,11H2,1-3H3,(H,25,26)(H2,23,24,28). The minimum absolute atomic E-state index is 0.0670. The molecule has 3 aromatic rings. The number of fused-ring (bicyclic) bond motifs is 1. The first kappa shape index (κ1) is 19.2. The van der Waals surface area contributed by atoms with Gasteiger partial charge in [-0.3, -0.25) is 4.90 Å². The van der Waals surface area contributed by atoms with Crippen LogP contribution < -0.4 is 15.4 Å². The number of urea groups is 1. The quantitative estimate of drug-likeness (QED) is 0.631. The number of nitrogens with zero attached hydrogens (tertiary/aromatic N) is 3. The molecular formula is C21H26N6O2. The van der Waals surface area contributed by atoms with Gasteiger partial charge in [0, 0.05) is 18.7 Å². The van der Waals surface area contributed by atoms with Gasteiger partial charge in [-0.1, -0.05) is 6.07 Å². The number of imidazole rings is 1. The second-order valence-corrected chi connectivity index (χ2v) is 7.55. The summed E-state index contributed by atoms with van der Waals surface area (Å²) in [5.41, 5.74) is 3.85. The smallest absolute Gasteiger partial charge is 0.319 e. The first-order chi connectivity index (χ1) is 14.0. The molecule has 1 aliphatic heterocycles. The number of hydrogen-bond acceptors (Lipinski definition) is 5. The van der Waals surface area contributed by atoms with E-state index in [1.165, 1.54) is 5.56 Å². The fourth-order valence-electron chi connectivity index (χ4n) is 3.76. The monoisotopic (exact) mass is 394 g/mol. The molecule has 1 saturated heterocycles. The molecule has 0 radical (unpaired) electrons. The summed E-state index contributed by atoms with van der Waals surface area (Å²) in [6.45, 7) is 2.96. The third kappa shape index (κ3) is 4.32. The van der Waals surface area contributed by atoms with Crippen LogP contribution in [0.3, 0.4) is 0 Å². The number of aromatic nitrogens is 3. The Morgan fingerprint density at radius 2 is 2.17 bits per heavy atom. The fraction of sp³-hybridized carbons (Fsp3) is 0.381. The lowest BCUT2D eigenvalue weighted by molar-refractivity contribution is 0.153. The molecule has 8 nitrogen and oxygen atoms in total. The summed E-state index contributed by atoms with van der Waals surface area (Å²) in [5.74, 6) is 1.45. The number of aryl methyl sites for hydroxylation is 1. The summed E-state index contributed by atoms with van der Waals surface area (Å²) < 4.78 is 5.03. The van der Waals surface area contributed by atoms with E-state index in [2.05, 4.69) is 51.6 Å². The van der Waals surface area contributed by atoms with Gasteiger partial charge < -0.3 is 20.4 Å². The number of carbonyl (C=O) groups excluding carboxylic acids is 1. The molecule has 29 heavy (non-hydrogen) atoms. The number of ether oxygens (including phenoxy) is 1. The van der Waals surface area contributed by atoms with E-state index in [0.717, 1.165) is 36.2 Å². The summed E-state index contributed by atoms with van der Waals surface area (Å²) in [5, 5.41) is 5.91. The van der Waals surface area contributed by atoms with Gasteiger partial charge in [0.1, 0.15) is 5.82 Å². The van der Waals surface area contributed by atoms with Crippen molar-refractivity contribution in [3.63, 3.8) is 0 Å². The molecule has 3 N–H and O–H groups in total. The van der Waals surface area contributed by atoms with Crippen LogP contribution in [0.2, 0.25) is 0 Å². The Morgan fingerprint density at radius 1 is 1.31 bits per heavy atom. The molecule has 2 amide bonds. The lowest BCUT2D eigenvalue weighted by Crippen LogP contribution is -2.46. The van der Waals surface area contributed by atoms with Crippen molar-refractivity contribution >= 4 is 22.8 Å². The molecule has 8 heteroatoms. The van der Waals surface area contributed by atoms with E-state index in [1.807, 2.05) is 6.07 Å². The Kier molecular flexibility index (Phi) is 5.35. The fourth-order valence-corrected chi connectivity index (χ4v) is 3.76. The zero-order valence-electron chi connectivity index (χ0n) is 16.9. The Morgan fingerprint density at radius 3 is 2.93 bits per heavy atom. The summed E-state index contributed by atoms with van der Waals surface area (Å²) >= 11 is 0. The van der Waals surface area contributed by atoms with E-state index in [4.69, 9.17) is 9.72 Å². The van der Waals surface area contributed by atoms with Gasteiger partial charge in [0.25, 0.3) is 0 Å². The average Bonchev–Trinajstić information content (AvgIpc) is 3.13. The number of hydrogen-bond donors (Lipinski definition) is 3. The molecule has 4 rings (SSSR count). The van der Waals surface area contributed by atoms with Crippen molar-refractivity contribution < 1.29 is 9.53 Å². The van der Waals surface area contributed by atoms with Gasteiger partial charge in [0.15, 0.2) is 0 Å². The number of aromatic amines is 1. The summed E-state index contributed by atoms with van der Waals surface area (Å²) in [6.07, 6.45) is 3.26. The molecule has 1 fully saturated rings. The van der Waals surface area contributed by atoms with Crippen molar-refractivity contribution in [3.05, 3.63) is 47.9 Å². The number of carbonyl (C=O) groups is 1. The first-order valence-corrected chi connectivity index (χ1v) is 9.76. The van der Waals surface area contributed by atoms with Crippen LogP contribution >= 0.6 is 0 Å². The molecule has 2 atom stereocenters. The number of piperidine rings is 1. The number of likely N-dealkylation sites (tertiary alicyclic amines) is 1. The van der Waals surface area contributed by atoms with Crippen molar-refractivity contribution in [2.45, 2.75) is 31.8 Å². The third-order valence-electron chi connectivity index (χ3n) is 5.38. The molecule has 1 aromatic carbocycles. The molecule has 1 aliphatic rings. The molecule has 0 aliphatic carbocycles. The van der Waals surface area contributed by atoms with Gasteiger partial charge >= 0.3 is 6.03 Å². The van der Waals surface area contributed by atoms with Crippen LogP contribution in [0.5, 0.6) is 5.88 Å². The van der Waals surface area contributed by atoms with Crippen LogP contribution in [0.15, 0.2) is 36.5 Å². The van der Waals surface area contributed by atoms with Crippen LogP contribution in [0.25, 0.3) is 11.0 Å². The van der Waals surface area contributed by atoms with E-state index >= 15 is 0 Å². The van der Waals surface area contributed by atoms with E-state index in [9.17, 15) is 4.79 Å². The number of H-pyrrole nitrogens is 1. The van der Waals surface area contributed by atoms with Gasteiger partial charge in [0.05, 0.1) is 36.1 Å². The van der Waals surface area contributed by atoms with Crippen LogP contribution in [0.4, 0.5) is 10.5 Å². The highest BCUT2D eigenvalue weighted by Crippen LogP contribution is 2.29. The first-order valence-electron chi connectivity index (χ1n) is 9.76. The Hall–Kier alpha value is -3.13.